The van der Waals surface area contributed by atoms with Crippen LogP contribution in [0.25, 0.3) is 0 Å². The highest BCUT2D eigenvalue weighted by Gasteiger charge is 2.21. The minimum absolute atomic E-state index is 0.275. The number of likely N-dealkylation sites (N-methyl/N-ethyl adjacent to an activating group) is 1. The van der Waals surface area contributed by atoms with E-state index in [4.69, 9.17) is 4.74 Å². The Morgan fingerprint density at radius 2 is 2.29 bits per heavy atom. The van der Waals surface area contributed by atoms with Gasteiger partial charge in [-0.2, -0.15) is 0 Å². The van der Waals surface area contributed by atoms with E-state index < -0.39 is 0 Å². The van der Waals surface area contributed by atoms with E-state index in [0.29, 0.717) is 24.6 Å². The van der Waals surface area contributed by atoms with Gasteiger partial charge in [0, 0.05) is 25.2 Å². The van der Waals surface area contributed by atoms with Crippen LogP contribution in [0.2, 0.25) is 0 Å². The minimum atomic E-state index is -0.275. The maximum atomic E-state index is 11.4. The summed E-state index contributed by atoms with van der Waals surface area (Å²) in [6.45, 7) is 9.94. The third-order valence-electron chi connectivity index (χ3n) is 3.08. The molecule has 1 heterocycles. The number of carbonyl (C=O) groups is 1. The van der Waals surface area contributed by atoms with Crippen molar-refractivity contribution < 1.29 is 9.53 Å². The molecule has 1 rings (SSSR count). The molecule has 98 valence electrons. The van der Waals surface area contributed by atoms with Crippen LogP contribution < -0.4 is 0 Å². The van der Waals surface area contributed by atoms with Gasteiger partial charge in [-0.3, -0.25) is 0 Å². The lowest BCUT2D eigenvalue weighted by molar-refractivity contribution is -0.138. The van der Waals surface area contributed by atoms with Gasteiger partial charge in [0.25, 0.3) is 0 Å². The average molecular weight is 240 g/mol. The second-order valence-electron chi connectivity index (χ2n) is 4.94. The van der Waals surface area contributed by atoms with Crippen LogP contribution >= 0.6 is 0 Å². The molecule has 0 saturated carbocycles. The molecule has 4 heteroatoms. The molecule has 1 aliphatic rings. The second-order valence-corrected chi connectivity index (χ2v) is 4.94. The van der Waals surface area contributed by atoms with Crippen molar-refractivity contribution in [1.82, 2.24) is 9.80 Å². The van der Waals surface area contributed by atoms with Crippen molar-refractivity contribution in [2.45, 2.75) is 13.3 Å². The van der Waals surface area contributed by atoms with Crippen LogP contribution in [-0.4, -0.2) is 62.7 Å². The van der Waals surface area contributed by atoms with Gasteiger partial charge in [-0.15, -0.1) is 0 Å². The van der Waals surface area contributed by atoms with Gasteiger partial charge in [0.2, 0.25) is 0 Å². The highest BCUT2D eigenvalue weighted by molar-refractivity contribution is 5.88. The lowest BCUT2D eigenvalue weighted by atomic mass is 10.1. The zero-order chi connectivity index (χ0) is 12.8. The van der Waals surface area contributed by atoms with Gasteiger partial charge in [-0.05, 0) is 39.9 Å². The number of esters is 1. The number of carbonyl (C=O) groups excluding carboxylic acids is 1. The van der Waals surface area contributed by atoms with Crippen LogP contribution in [0.3, 0.4) is 0 Å². The van der Waals surface area contributed by atoms with Gasteiger partial charge in [-0.25, -0.2) is 4.79 Å². The summed E-state index contributed by atoms with van der Waals surface area (Å²) in [6, 6.07) is 0. The molecule has 1 aliphatic heterocycles. The smallest absolute Gasteiger partial charge is 0.334 e. The first kappa shape index (κ1) is 14.2. The summed E-state index contributed by atoms with van der Waals surface area (Å²) < 4.78 is 4.92. The number of hydrogen-bond acceptors (Lipinski definition) is 4. The Kier molecular flexibility index (Phi) is 5.65. The standard InChI is InChI=1S/C13H24N2O2/c1-5-17-13(16)11(2)8-15(4)10-12-6-7-14(3)9-12/h12H,2,5-10H2,1,3-4H3. The Morgan fingerprint density at radius 3 is 2.82 bits per heavy atom. The molecule has 1 saturated heterocycles. The molecule has 0 aromatic rings. The van der Waals surface area contributed by atoms with Gasteiger partial charge >= 0.3 is 5.97 Å². The lowest BCUT2D eigenvalue weighted by Crippen LogP contribution is -2.30. The minimum Gasteiger partial charge on any atom is -0.463 e. The maximum Gasteiger partial charge on any atom is 0.334 e. The number of rotatable bonds is 6. The fourth-order valence-corrected chi connectivity index (χ4v) is 2.30. The molecule has 0 aromatic heterocycles. The molecular formula is C13H24N2O2. The van der Waals surface area contributed by atoms with Gasteiger partial charge in [0.05, 0.1) is 6.61 Å². The zero-order valence-corrected chi connectivity index (χ0v) is 11.2. The Morgan fingerprint density at radius 1 is 1.59 bits per heavy atom. The molecule has 0 aliphatic carbocycles. The molecule has 1 fully saturated rings. The first-order chi connectivity index (χ1) is 8.02. The van der Waals surface area contributed by atoms with Crippen LogP contribution in [0, 0.1) is 5.92 Å². The number of likely N-dealkylation sites (tertiary alicyclic amines) is 1. The number of ether oxygens (including phenoxy) is 1. The summed E-state index contributed by atoms with van der Waals surface area (Å²) in [7, 11) is 4.18. The van der Waals surface area contributed by atoms with E-state index in [0.717, 1.165) is 13.1 Å². The molecule has 1 unspecified atom stereocenters. The van der Waals surface area contributed by atoms with Crippen molar-refractivity contribution in [3.8, 4) is 0 Å². The number of nitrogens with zero attached hydrogens (tertiary/aromatic N) is 2. The Bertz CT molecular complexity index is 279. The first-order valence-electron chi connectivity index (χ1n) is 6.25. The van der Waals surface area contributed by atoms with Crippen molar-refractivity contribution in [2.75, 3.05) is 46.9 Å². The van der Waals surface area contributed by atoms with Crippen LogP contribution in [0.5, 0.6) is 0 Å². The molecular weight excluding hydrogens is 216 g/mol. The molecule has 0 aromatic carbocycles. The van der Waals surface area contributed by atoms with Gasteiger partial charge in [0.1, 0.15) is 0 Å². The fourth-order valence-electron chi connectivity index (χ4n) is 2.30. The van der Waals surface area contributed by atoms with Crippen molar-refractivity contribution in [3.05, 3.63) is 12.2 Å². The fraction of sp³-hybridized carbons (Fsp3) is 0.769. The topological polar surface area (TPSA) is 32.8 Å². The first-order valence-corrected chi connectivity index (χ1v) is 6.25. The lowest BCUT2D eigenvalue weighted by Gasteiger charge is -2.21. The van der Waals surface area contributed by atoms with Crippen LogP contribution in [0.1, 0.15) is 13.3 Å². The molecule has 1 atom stereocenters. The molecule has 0 N–H and O–H groups in total. The van der Waals surface area contributed by atoms with E-state index >= 15 is 0 Å². The van der Waals surface area contributed by atoms with Crippen LogP contribution in [0.4, 0.5) is 0 Å². The summed E-state index contributed by atoms with van der Waals surface area (Å²) in [4.78, 5) is 15.9. The third kappa shape index (κ3) is 4.88. The van der Waals surface area contributed by atoms with E-state index in [1.807, 2.05) is 14.0 Å². The summed E-state index contributed by atoms with van der Waals surface area (Å²) in [5, 5.41) is 0. The molecule has 0 amide bonds. The van der Waals surface area contributed by atoms with E-state index in [1.54, 1.807) is 0 Å². The largest absolute Gasteiger partial charge is 0.463 e. The van der Waals surface area contributed by atoms with Crippen molar-refractivity contribution in [3.63, 3.8) is 0 Å². The maximum absolute atomic E-state index is 11.4. The summed E-state index contributed by atoms with van der Waals surface area (Å²) >= 11 is 0. The quantitative estimate of drug-likeness (QED) is 0.512. The molecule has 0 bridgehead atoms. The third-order valence-corrected chi connectivity index (χ3v) is 3.08. The van der Waals surface area contributed by atoms with E-state index in [2.05, 4.69) is 23.4 Å². The monoisotopic (exact) mass is 240 g/mol. The molecule has 17 heavy (non-hydrogen) atoms. The SMILES string of the molecule is C=C(CN(C)CC1CCN(C)C1)C(=O)OCC. The average Bonchev–Trinajstić information content (AvgIpc) is 2.64. The molecule has 0 spiro atoms. The molecule has 4 nitrogen and oxygen atoms in total. The summed E-state index contributed by atoms with van der Waals surface area (Å²) in [5.41, 5.74) is 0.542. The summed E-state index contributed by atoms with van der Waals surface area (Å²) in [5.74, 6) is 0.433. The highest BCUT2D eigenvalue weighted by atomic mass is 16.5. The van der Waals surface area contributed by atoms with Crippen molar-refractivity contribution in [1.29, 1.82) is 0 Å². The normalized spacial score (nSPS) is 20.8. The van der Waals surface area contributed by atoms with Crippen LogP contribution in [-0.2, 0) is 9.53 Å². The van der Waals surface area contributed by atoms with Gasteiger partial charge in [-0.1, -0.05) is 6.58 Å². The predicted molar refractivity (Wildman–Crippen MR) is 68.9 cm³/mol. The van der Waals surface area contributed by atoms with Gasteiger partial charge < -0.3 is 14.5 Å². The van der Waals surface area contributed by atoms with Crippen molar-refractivity contribution >= 4 is 5.97 Å². The Balaban J connectivity index is 2.26. The highest BCUT2D eigenvalue weighted by Crippen LogP contribution is 2.15. The van der Waals surface area contributed by atoms with Crippen molar-refractivity contribution in [2.24, 2.45) is 5.92 Å². The Hall–Kier alpha value is -0.870. The number of hydrogen-bond donors (Lipinski definition) is 0. The zero-order valence-electron chi connectivity index (χ0n) is 11.2. The van der Waals surface area contributed by atoms with Gasteiger partial charge in [0.15, 0.2) is 0 Å². The molecule has 0 radical (unpaired) electrons. The Labute approximate surface area is 104 Å². The second kappa shape index (κ2) is 6.77. The van der Waals surface area contributed by atoms with E-state index in [-0.39, 0.29) is 5.97 Å². The predicted octanol–water partition coefficient (Wildman–Crippen LogP) is 0.989. The van der Waals surface area contributed by atoms with Crippen LogP contribution in [0.15, 0.2) is 12.2 Å². The van der Waals surface area contributed by atoms with E-state index in [9.17, 15) is 4.79 Å². The van der Waals surface area contributed by atoms with E-state index in [1.165, 1.54) is 13.0 Å². The summed E-state index contributed by atoms with van der Waals surface area (Å²) in [6.07, 6.45) is 1.24.